The first-order chi connectivity index (χ1) is 6.74. The van der Waals surface area contributed by atoms with Crippen molar-refractivity contribution in [2.75, 3.05) is 12.3 Å². The number of rotatable bonds is 5. The van der Waals surface area contributed by atoms with Gasteiger partial charge in [-0.3, -0.25) is 0 Å². The molecule has 1 aromatic rings. The highest BCUT2D eigenvalue weighted by Crippen LogP contribution is 2.26. The minimum absolute atomic E-state index is 0.748. The van der Waals surface area contributed by atoms with Gasteiger partial charge in [-0.25, -0.2) is 0 Å². The number of nitrogens with two attached hydrogens (primary N) is 1. The molecule has 2 N–H and O–H groups in total. The predicted molar refractivity (Wildman–Crippen MR) is 63.6 cm³/mol. The maximum absolute atomic E-state index is 5.62. The third kappa shape index (κ3) is 3.58. The number of benzene rings is 1. The van der Waals surface area contributed by atoms with Gasteiger partial charge in [0, 0.05) is 5.69 Å². The van der Waals surface area contributed by atoms with Gasteiger partial charge in [0.2, 0.25) is 0 Å². The van der Waals surface area contributed by atoms with Crippen molar-refractivity contribution >= 4 is 21.6 Å². The lowest BCUT2D eigenvalue weighted by Gasteiger charge is -2.07. The van der Waals surface area contributed by atoms with E-state index < -0.39 is 0 Å². The normalized spacial score (nSPS) is 10.1. The third-order valence-electron chi connectivity index (χ3n) is 1.96. The summed E-state index contributed by atoms with van der Waals surface area (Å²) in [5.74, 6) is 0.871. The first-order valence-corrected chi connectivity index (χ1v) is 5.71. The van der Waals surface area contributed by atoms with E-state index in [2.05, 4.69) is 22.9 Å². The fourth-order valence-corrected chi connectivity index (χ4v) is 1.68. The van der Waals surface area contributed by atoms with Crippen molar-refractivity contribution in [1.82, 2.24) is 0 Å². The van der Waals surface area contributed by atoms with Crippen molar-refractivity contribution in [3.63, 3.8) is 0 Å². The van der Waals surface area contributed by atoms with Crippen molar-refractivity contribution in [1.29, 1.82) is 0 Å². The maximum atomic E-state index is 5.62. The molecule has 0 aliphatic rings. The molecule has 14 heavy (non-hydrogen) atoms. The first-order valence-electron chi connectivity index (χ1n) is 4.92. The van der Waals surface area contributed by atoms with Crippen LogP contribution >= 0.6 is 15.9 Å². The number of hydrogen-bond donors (Lipinski definition) is 1. The Morgan fingerprint density at radius 3 is 2.79 bits per heavy atom. The molecule has 0 unspecified atom stereocenters. The minimum atomic E-state index is 0.748. The summed E-state index contributed by atoms with van der Waals surface area (Å²) in [7, 11) is 0. The molecule has 0 aliphatic carbocycles. The molecule has 78 valence electrons. The molecule has 0 aliphatic heterocycles. The third-order valence-corrected chi connectivity index (χ3v) is 2.58. The lowest BCUT2D eigenvalue weighted by atomic mass is 10.2. The minimum Gasteiger partial charge on any atom is -0.492 e. The predicted octanol–water partition coefficient (Wildman–Crippen LogP) is 3.60. The van der Waals surface area contributed by atoms with E-state index in [1.807, 2.05) is 18.2 Å². The summed E-state index contributed by atoms with van der Waals surface area (Å²) in [4.78, 5) is 0. The smallest absolute Gasteiger partial charge is 0.133 e. The number of anilines is 1. The van der Waals surface area contributed by atoms with Crippen LogP contribution in [0.25, 0.3) is 0 Å². The fraction of sp³-hybridized carbons (Fsp3) is 0.455. The highest BCUT2D eigenvalue weighted by Gasteiger charge is 2.00. The number of halogens is 1. The van der Waals surface area contributed by atoms with Crippen molar-refractivity contribution in [2.45, 2.75) is 26.2 Å². The Kier molecular flexibility index (Phi) is 4.80. The van der Waals surface area contributed by atoms with E-state index >= 15 is 0 Å². The molecular weight excluding hydrogens is 242 g/mol. The van der Waals surface area contributed by atoms with E-state index in [-0.39, 0.29) is 0 Å². The first kappa shape index (κ1) is 11.4. The molecular formula is C11H16BrNO. The Bertz CT molecular complexity index is 289. The molecule has 3 heteroatoms. The second-order valence-electron chi connectivity index (χ2n) is 3.25. The molecule has 0 fully saturated rings. The highest BCUT2D eigenvalue weighted by atomic mass is 79.9. The van der Waals surface area contributed by atoms with Gasteiger partial charge in [0.1, 0.15) is 5.75 Å². The van der Waals surface area contributed by atoms with Crippen LogP contribution in [0.3, 0.4) is 0 Å². The molecule has 0 bridgehead atoms. The molecule has 0 spiro atoms. The Morgan fingerprint density at radius 2 is 2.14 bits per heavy atom. The van der Waals surface area contributed by atoms with Crippen LogP contribution in [0.2, 0.25) is 0 Å². The molecule has 0 heterocycles. The maximum Gasteiger partial charge on any atom is 0.133 e. The van der Waals surface area contributed by atoms with E-state index in [4.69, 9.17) is 10.5 Å². The topological polar surface area (TPSA) is 35.2 Å². The summed E-state index contributed by atoms with van der Waals surface area (Å²) in [5.41, 5.74) is 6.37. The Hall–Kier alpha value is -0.700. The van der Waals surface area contributed by atoms with Gasteiger partial charge >= 0.3 is 0 Å². The van der Waals surface area contributed by atoms with Gasteiger partial charge < -0.3 is 10.5 Å². The highest BCUT2D eigenvalue weighted by molar-refractivity contribution is 9.10. The van der Waals surface area contributed by atoms with Gasteiger partial charge in [0.15, 0.2) is 0 Å². The van der Waals surface area contributed by atoms with Crippen LogP contribution in [0, 0.1) is 0 Å². The van der Waals surface area contributed by atoms with E-state index in [1.54, 1.807) is 0 Å². The van der Waals surface area contributed by atoms with Crippen molar-refractivity contribution < 1.29 is 4.74 Å². The molecule has 0 amide bonds. The van der Waals surface area contributed by atoms with E-state index in [9.17, 15) is 0 Å². The average Bonchev–Trinajstić information content (AvgIpc) is 2.15. The molecule has 0 saturated heterocycles. The number of hydrogen-bond acceptors (Lipinski definition) is 2. The number of nitrogen functional groups attached to an aromatic ring is 1. The van der Waals surface area contributed by atoms with Crippen LogP contribution in [0.4, 0.5) is 5.69 Å². The fourth-order valence-electron chi connectivity index (χ4n) is 1.17. The molecule has 0 aromatic heterocycles. The quantitative estimate of drug-likeness (QED) is 0.647. The van der Waals surface area contributed by atoms with E-state index in [0.717, 1.165) is 28.9 Å². The summed E-state index contributed by atoms with van der Waals surface area (Å²) in [6.45, 7) is 2.95. The summed E-state index contributed by atoms with van der Waals surface area (Å²) in [6.07, 6.45) is 3.53. The summed E-state index contributed by atoms with van der Waals surface area (Å²) < 4.78 is 6.52. The largest absolute Gasteiger partial charge is 0.492 e. The summed E-state index contributed by atoms with van der Waals surface area (Å²) in [5, 5.41) is 0. The number of unbranched alkanes of at least 4 members (excludes halogenated alkanes) is 2. The van der Waals surface area contributed by atoms with Gasteiger partial charge in [-0.2, -0.15) is 0 Å². The second-order valence-corrected chi connectivity index (χ2v) is 4.10. The van der Waals surface area contributed by atoms with Crippen LogP contribution in [-0.2, 0) is 0 Å². The summed E-state index contributed by atoms with van der Waals surface area (Å²) >= 11 is 3.41. The Labute approximate surface area is 93.6 Å². The zero-order valence-corrected chi connectivity index (χ0v) is 10.0. The zero-order valence-electron chi connectivity index (χ0n) is 8.42. The van der Waals surface area contributed by atoms with Gasteiger partial charge in [-0.05, 0) is 40.5 Å². The van der Waals surface area contributed by atoms with E-state index in [1.165, 1.54) is 12.8 Å². The molecule has 0 atom stereocenters. The standard InChI is InChI=1S/C11H16BrNO/c1-2-3-4-7-14-11-6-5-9(13)8-10(11)12/h5-6,8H,2-4,7,13H2,1H3. The van der Waals surface area contributed by atoms with Gasteiger partial charge in [0.25, 0.3) is 0 Å². The molecule has 0 radical (unpaired) electrons. The molecule has 0 saturated carbocycles. The van der Waals surface area contributed by atoms with Crippen LogP contribution in [0.15, 0.2) is 22.7 Å². The SMILES string of the molecule is CCCCCOc1ccc(N)cc1Br. The van der Waals surface area contributed by atoms with Gasteiger partial charge in [0.05, 0.1) is 11.1 Å². The van der Waals surface area contributed by atoms with Gasteiger partial charge in [-0.15, -0.1) is 0 Å². The molecule has 1 rings (SSSR count). The zero-order chi connectivity index (χ0) is 10.4. The lowest BCUT2D eigenvalue weighted by Crippen LogP contribution is -1.98. The van der Waals surface area contributed by atoms with Crippen LogP contribution in [0.5, 0.6) is 5.75 Å². The Balaban J connectivity index is 2.42. The second kappa shape index (κ2) is 5.91. The van der Waals surface area contributed by atoms with Crippen molar-refractivity contribution in [2.24, 2.45) is 0 Å². The van der Waals surface area contributed by atoms with E-state index in [0.29, 0.717) is 0 Å². The molecule has 2 nitrogen and oxygen atoms in total. The average molecular weight is 258 g/mol. The van der Waals surface area contributed by atoms with Crippen LogP contribution in [0.1, 0.15) is 26.2 Å². The van der Waals surface area contributed by atoms with Crippen LogP contribution < -0.4 is 10.5 Å². The molecule has 1 aromatic carbocycles. The monoisotopic (exact) mass is 257 g/mol. The van der Waals surface area contributed by atoms with Gasteiger partial charge in [-0.1, -0.05) is 19.8 Å². The van der Waals surface area contributed by atoms with Crippen LogP contribution in [-0.4, -0.2) is 6.61 Å². The van der Waals surface area contributed by atoms with Crippen molar-refractivity contribution in [3.8, 4) is 5.75 Å². The summed E-state index contributed by atoms with van der Waals surface area (Å²) in [6, 6.07) is 5.60. The lowest BCUT2D eigenvalue weighted by molar-refractivity contribution is 0.304. The Morgan fingerprint density at radius 1 is 1.36 bits per heavy atom. The number of ether oxygens (including phenoxy) is 1. The van der Waals surface area contributed by atoms with Crippen molar-refractivity contribution in [3.05, 3.63) is 22.7 Å².